The summed E-state index contributed by atoms with van der Waals surface area (Å²) in [7, 11) is 0. The van der Waals surface area contributed by atoms with Gasteiger partial charge in [-0.1, -0.05) is 46.4 Å². The topological polar surface area (TPSA) is 58.7 Å². The summed E-state index contributed by atoms with van der Waals surface area (Å²) in [4.78, 5) is 17.6. The molecule has 118 valence electrons. The lowest BCUT2D eigenvalue weighted by Crippen LogP contribution is -2.21. The zero-order valence-electron chi connectivity index (χ0n) is 12.6. The molecule has 4 nitrogen and oxygen atoms in total. The Kier molecular flexibility index (Phi) is 4.84. The fourth-order valence-electron chi connectivity index (χ4n) is 2.26. The molecule has 0 radical (unpaired) electrons. The van der Waals surface area contributed by atoms with Crippen molar-refractivity contribution in [2.75, 3.05) is 5.75 Å². The molecule has 0 amide bonds. The third-order valence-electron chi connectivity index (χ3n) is 3.36. The normalized spacial score (nSPS) is 10.5. The average Bonchev–Trinajstić information content (AvgIpc) is 2.60. The van der Waals surface area contributed by atoms with Gasteiger partial charge < -0.3 is 0 Å². The number of thioether (sulfide) groups is 1. The van der Waals surface area contributed by atoms with Crippen LogP contribution in [0.2, 0.25) is 0 Å². The van der Waals surface area contributed by atoms with E-state index in [1.54, 1.807) is 34.9 Å². The van der Waals surface area contributed by atoms with E-state index in [9.17, 15) is 4.79 Å². The molecule has 0 spiro atoms. The molecule has 1 aromatic heterocycles. The molecule has 3 aromatic rings. The number of halogens is 1. The van der Waals surface area contributed by atoms with E-state index in [2.05, 4.69) is 33.6 Å². The lowest BCUT2D eigenvalue weighted by atomic mass is 10.2. The zero-order chi connectivity index (χ0) is 17.1. The van der Waals surface area contributed by atoms with Crippen molar-refractivity contribution in [2.24, 2.45) is 0 Å². The van der Waals surface area contributed by atoms with Crippen LogP contribution in [-0.4, -0.2) is 15.3 Å². The molecule has 6 heteroatoms. The molecule has 0 saturated carbocycles. The average molecular weight is 398 g/mol. The van der Waals surface area contributed by atoms with E-state index in [4.69, 9.17) is 5.26 Å². The van der Waals surface area contributed by atoms with E-state index in [0.29, 0.717) is 33.1 Å². The molecular formula is C18H12BrN3OS. The molecule has 0 unspecified atom stereocenters. The first-order valence-electron chi connectivity index (χ1n) is 7.08. The monoisotopic (exact) mass is 397 g/mol. The Bertz CT molecular complexity index is 1020. The summed E-state index contributed by atoms with van der Waals surface area (Å²) in [6.45, 7) is 3.82. The van der Waals surface area contributed by atoms with Gasteiger partial charge in [0.25, 0.3) is 5.56 Å². The van der Waals surface area contributed by atoms with Gasteiger partial charge in [-0.15, -0.1) is 0 Å². The van der Waals surface area contributed by atoms with Crippen LogP contribution in [0.1, 0.15) is 5.56 Å². The number of nitriles is 1. The number of nitrogens with zero attached hydrogens (tertiary/aromatic N) is 3. The van der Waals surface area contributed by atoms with Crippen molar-refractivity contribution in [3.63, 3.8) is 0 Å². The molecule has 0 atom stereocenters. The van der Waals surface area contributed by atoms with Crippen LogP contribution in [0, 0.1) is 11.3 Å². The van der Waals surface area contributed by atoms with Crippen LogP contribution in [0.15, 0.2) is 69.5 Å². The molecule has 0 fully saturated rings. The van der Waals surface area contributed by atoms with Crippen LogP contribution < -0.4 is 5.56 Å². The van der Waals surface area contributed by atoms with Gasteiger partial charge in [-0.05, 0) is 40.9 Å². The summed E-state index contributed by atoms with van der Waals surface area (Å²) in [6.07, 6.45) is 0. The maximum atomic E-state index is 13.0. The highest BCUT2D eigenvalue weighted by atomic mass is 79.9. The van der Waals surface area contributed by atoms with Gasteiger partial charge in [-0.3, -0.25) is 9.36 Å². The Balaban J connectivity index is 2.23. The highest BCUT2D eigenvalue weighted by molar-refractivity contribution is 9.11. The summed E-state index contributed by atoms with van der Waals surface area (Å²) in [6, 6.07) is 16.2. The first-order chi connectivity index (χ1) is 11.6. The maximum absolute atomic E-state index is 13.0. The van der Waals surface area contributed by atoms with Crippen molar-refractivity contribution in [3.05, 3.63) is 75.5 Å². The summed E-state index contributed by atoms with van der Waals surface area (Å²) in [5.41, 5.74) is 1.76. The maximum Gasteiger partial charge on any atom is 0.266 e. The lowest BCUT2D eigenvalue weighted by Gasteiger charge is -2.13. The minimum absolute atomic E-state index is 0.131. The van der Waals surface area contributed by atoms with Crippen LogP contribution in [0.4, 0.5) is 0 Å². The van der Waals surface area contributed by atoms with Crippen molar-refractivity contribution in [3.8, 4) is 11.8 Å². The fraction of sp³-hybridized carbons (Fsp3) is 0.0556. The van der Waals surface area contributed by atoms with Crippen LogP contribution in [0.3, 0.4) is 0 Å². The largest absolute Gasteiger partial charge is 0.268 e. The van der Waals surface area contributed by atoms with E-state index in [-0.39, 0.29) is 5.56 Å². The molecule has 24 heavy (non-hydrogen) atoms. The zero-order valence-corrected chi connectivity index (χ0v) is 15.0. The van der Waals surface area contributed by atoms with Gasteiger partial charge in [0.15, 0.2) is 5.16 Å². The molecule has 0 bridgehead atoms. The number of rotatable bonds is 4. The van der Waals surface area contributed by atoms with Crippen molar-refractivity contribution in [1.29, 1.82) is 5.26 Å². The highest BCUT2D eigenvalue weighted by Crippen LogP contribution is 2.24. The minimum atomic E-state index is -0.131. The lowest BCUT2D eigenvalue weighted by molar-refractivity contribution is 0.820. The van der Waals surface area contributed by atoms with Gasteiger partial charge in [-0.25, -0.2) is 4.98 Å². The van der Waals surface area contributed by atoms with E-state index in [1.165, 1.54) is 11.8 Å². The van der Waals surface area contributed by atoms with Crippen molar-refractivity contribution in [1.82, 2.24) is 9.55 Å². The molecule has 0 aliphatic carbocycles. The molecule has 0 saturated heterocycles. The van der Waals surface area contributed by atoms with Gasteiger partial charge >= 0.3 is 0 Å². The van der Waals surface area contributed by atoms with Crippen molar-refractivity contribution in [2.45, 2.75) is 5.16 Å². The quantitative estimate of drug-likeness (QED) is 0.487. The van der Waals surface area contributed by atoms with Gasteiger partial charge in [0.2, 0.25) is 0 Å². The van der Waals surface area contributed by atoms with Gasteiger partial charge in [0.05, 0.1) is 28.2 Å². The molecular weight excluding hydrogens is 386 g/mol. The Morgan fingerprint density at radius 2 is 1.96 bits per heavy atom. The second-order valence-electron chi connectivity index (χ2n) is 5.02. The second kappa shape index (κ2) is 7.04. The van der Waals surface area contributed by atoms with Crippen molar-refractivity contribution >= 4 is 38.6 Å². The van der Waals surface area contributed by atoms with Crippen molar-refractivity contribution < 1.29 is 0 Å². The summed E-state index contributed by atoms with van der Waals surface area (Å²) in [5, 5.41) is 10.1. The molecule has 0 aliphatic heterocycles. The first-order valence-corrected chi connectivity index (χ1v) is 8.86. The first kappa shape index (κ1) is 16.5. The van der Waals surface area contributed by atoms with Crippen LogP contribution >= 0.6 is 27.7 Å². The standard InChI is InChI=1S/C18H12BrN3OS/c1-12(19)11-24-18-21-16-5-3-2-4-15(16)17(23)22(18)14-8-6-13(10-20)7-9-14/h2-9H,1,11H2. The number of fused-ring (bicyclic) bond motifs is 1. The third kappa shape index (κ3) is 3.28. The number of para-hydroxylation sites is 1. The molecule has 1 heterocycles. The van der Waals surface area contributed by atoms with Gasteiger partial charge in [0.1, 0.15) is 0 Å². The second-order valence-corrected chi connectivity index (χ2v) is 7.08. The van der Waals surface area contributed by atoms with E-state index >= 15 is 0 Å². The van der Waals surface area contributed by atoms with Gasteiger partial charge in [-0.2, -0.15) is 5.26 Å². The molecule has 3 rings (SSSR count). The Morgan fingerprint density at radius 3 is 2.62 bits per heavy atom. The fourth-order valence-corrected chi connectivity index (χ4v) is 3.37. The summed E-state index contributed by atoms with van der Waals surface area (Å²) < 4.78 is 2.39. The predicted octanol–water partition coefficient (Wildman–Crippen LogP) is 4.26. The van der Waals surface area contributed by atoms with E-state index in [0.717, 1.165) is 4.48 Å². The third-order valence-corrected chi connectivity index (χ3v) is 5.03. The summed E-state index contributed by atoms with van der Waals surface area (Å²) >= 11 is 4.76. The Morgan fingerprint density at radius 1 is 1.25 bits per heavy atom. The number of hydrogen-bond donors (Lipinski definition) is 0. The predicted molar refractivity (Wildman–Crippen MR) is 101 cm³/mol. The van der Waals surface area contributed by atoms with E-state index < -0.39 is 0 Å². The molecule has 2 aromatic carbocycles. The Labute approximate surface area is 151 Å². The van der Waals surface area contributed by atoms with Gasteiger partial charge in [0, 0.05) is 5.75 Å². The van der Waals surface area contributed by atoms with Crippen LogP contribution in [0.25, 0.3) is 16.6 Å². The Hall–Kier alpha value is -2.36. The number of aromatic nitrogens is 2. The van der Waals surface area contributed by atoms with E-state index in [1.807, 2.05) is 18.2 Å². The SMILES string of the molecule is C=C(Br)CSc1nc2ccccc2c(=O)n1-c1ccc(C#N)cc1. The summed E-state index contributed by atoms with van der Waals surface area (Å²) in [5.74, 6) is 0.598. The van der Waals surface area contributed by atoms with Crippen LogP contribution in [-0.2, 0) is 0 Å². The number of hydrogen-bond acceptors (Lipinski definition) is 4. The van der Waals surface area contributed by atoms with Crippen LogP contribution in [0.5, 0.6) is 0 Å². The smallest absolute Gasteiger partial charge is 0.266 e. The molecule has 0 N–H and O–H groups in total. The highest BCUT2D eigenvalue weighted by Gasteiger charge is 2.13. The number of benzene rings is 2. The molecule has 0 aliphatic rings. The minimum Gasteiger partial charge on any atom is -0.268 e.